The highest BCUT2D eigenvalue weighted by Crippen LogP contribution is 2.15. The quantitative estimate of drug-likeness (QED) is 0.639. The monoisotopic (exact) mass is 417 g/mol. The van der Waals surface area contributed by atoms with Crippen molar-refractivity contribution < 1.29 is 14.0 Å². The molecular weight excluding hydrogens is 402 g/mol. The second kappa shape index (κ2) is 7.96. The molecule has 26 heavy (non-hydrogen) atoms. The van der Waals surface area contributed by atoms with Crippen LogP contribution >= 0.6 is 15.9 Å². The summed E-state index contributed by atoms with van der Waals surface area (Å²) >= 11 is 3.12. The van der Waals surface area contributed by atoms with E-state index in [2.05, 4.69) is 36.6 Å². The van der Waals surface area contributed by atoms with E-state index in [0.29, 0.717) is 4.67 Å². The third-order valence-corrected chi connectivity index (χ3v) is 4.09. The molecule has 0 aliphatic rings. The van der Waals surface area contributed by atoms with Crippen LogP contribution in [0.4, 0.5) is 0 Å². The molecule has 0 aliphatic heterocycles. The van der Waals surface area contributed by atoms with Crippen molar-refractivity contribution in [2.75, 3.05) is 6.54 Å². The fraction of sp³-hybridized carbons (Fsp3) is 0.176. The number of hydrogen-bond acceptors (Lipinski definition) is 5. The van der Waals surface area contributed by atoms with Crippen molar-refractivity contribution in [3.05, 3.63) is 65.0 Å². The van der Waals surface area contributed by atoms with E-state index in [1.54, 1.807) is 17.1 Å². The van der Waals surface area contributed by atoms with Gasteiger partial charge < -0.3 is 15.1 Å². The normalized spacial score (nSPS) is 11.8. The summed E-state index contributed by atoms with van der Waals surface area (Å²) in [5.41, 5.74) is 1.81. The van der Waals surface area contributed by atoms with Crippen LogP contribution in [0.25, 0.3) is 5.69 Å². The zero-order valence-electron chi connectivity index (χ0n) is 13.8. The topological polar surface area (TPSA) is 102 Å². The van der Waals surface area contributed by atoms with Crippen molar-refractivity contribution in [1.29, 1.82) is 0 Å². The maximum atomic E-state index is 12.0. The summed E-state index contributed by atoms with van der Waals surface area (Å²) in [6.45, 7) is 1.73. The summed E-state index contributed by atoms with van der Waals surface area (Å²) in [7, 11) is 0. The van der Waals surface area contributed by atoms with Gasteiger partial charge in [0.05, 0.1) is 18.3 Å². The van der Waals surface area contributed by atoms with Gasteiger partial charge in [0.15, 0.2) is 10.4 Å². The number of carbonyl (C=O) groups is 2. The number of furan rings is 1. The molecule has 0 bridgehead atoms. The van der Waals surface area contributed by atoms with Crippen LogP contribution in [0, 0.1) is 0 Å². The molecule has 0 unspecified atom stereocenters. The average Bonchev–Trinajstić information content (AvgIpc) is 3.31. The predicted molar refractivity (Wildman–Crippen MR) is 96.7 cm³/mol. The zero-order chi connectivity index (χ0) is 18.5. The molecule has 0 saturated carbocycles. The SMILES string of the molecule is C[C@@H](NC(=O)CNC(=O)c1ccc(Br)o1)c1ccc(-n2cncn2)cc1. The van der Waals surface area contributed by atoms with E-state index in [0.717, 1.165) is 11.3 Å². The van der Waals surface area contributed by atoms with Crippen LogP contribution in [-0.4, -0.2) is 33.1 Å². The number of halogens is 1. The van der Waals surface area contributed by atoms with Crippen molar-refractivity contribution in [2.45, 2.75) is 13.0 Å². The van der Waals surface area contributed by atoms with E-state index in [1.807, 2.05) is 31.2 Å². The molecule has 134 valence electrons. The van der Waals surface area contributed by atoms with Crippen LogP contribution in [0.2, 0.25) is 0 Å². The fourth-order valence-electron chi connectivity index (χ4n) is 2.32. The highest BCUT2D eigenvalue weighted by atomic mass is 79.9. The molecule has 0 fully saturated rings. The summed E-state index contributed by atoms with van der Waals surface area (Å²) in [6, 6.07) is 10.5. The highest BCUT2D eigenvalue weighted by Gasteiger charge is 2.14. The summed E-state index contributed by atoms with van der Waals surface area (Å²) in [6.07, 6.45) is 3.08. The third-order valence-electron chi connectivity index (χ3n) is 3.66. The largest absolute Gasteiger partial charge is 0.444 e. The van der Waals surface area contributed by atoms with Gasteiger partial charge in [0.25, 0.3) is 5.91 Å². The molecule has 1 atom stereocenters. The Hall–Kier alpha value is -2.94. The lowest BCUT2D eigenvalue weighted by atomic mass is 10.1. The molecule has 2 aromatic heterocycles. The summed E-state index contributed by atoms with van der Waals surface area (Å²) < 4.78 is 7.23. The van der Waals surface area contributed by atoms with Crippen LogP contribution in [0.1, 0.15) is 29.1 Å². The number of nitrogens with one attached hydrogen (secondary N) is 2. The minimum Gasteiger partial charge on any atom is -0.444 e. The number of aromatic nitrogens is 3. The minimum absolute atomic E-state index is 0.140. The first-order valence-corrected chi connectivity index (χ1v) is 8.60. The molecule has 9 heteroatoms. The molecular formula is C17H16BrN5O3. The Morgan fingerprint density at radius 3 is 2.62 bits per heavy atom. The van der Waals surface area contributed by atoms with Gasteiger partial charge in [-0.25, -0.2) is 9.67 Å². The number of carbonyl (C=O) groups excluding carboxylic acids is 2. The van der Waals surface area contributed by atoms with Gasteiger partial charge in [-0.15, -0.1) is 0 Å². The van der Waals surface area contributed by atoms with E-state index < -0.39 is 5.91 Å². The van der Waals surface area contributed by atoms with Gasteiger partial charge in [0.2, 0.25) is 5.91 Å². The van der Waals surface area contributed by atoms with E-state index >= 15 is 0 Å². The molecule has 0 aliphatic carbocycles. The number of benzene rings is 1. The number of hydrogen-bond donors (Lipinski definition) is 2. The van der Waals surface area contributed by atoms with Crippen LogP contribution < -0.4 is 10.6 Å². The smallest absolute Gasteiger partial charge is 0.287 e. The molecule has 3 rings (SSSR count). The van der Waals surface area contributed by atoms with Crippen LogP contribution in [-0.2, 0) is 4.79 Å². The Morgan fingerprint density at radius 2 is 2.00 bits per heavy atom. The lowest BCUT2D eigenvalue weighted by Crippen LogP contribution is -2.37. The van der Waals surface area contributed by atoms with Crippen LogP contribution in [0.3, 0.4) is 0 Å². The number of nitrogens with zero attached hydrogens (tertiary/aromatic N) is 3. The fourth-order valence-corrected chi connectivity index (χ4v) is 2.62. The van der Waals surface area contributed by atoms with Gasteiger partial charge in [-0.05, 0) is 52.7 Å². The first-order valence-electron chi connectivity index (χ1n) is 7.81. The maximum Gasteiger partial charge on any atom is 0.287 e. The summed E-state index contributed by atoms with van der Waals surface area (Å²) in [5, 5.41) is 9.41. The Balaban J connectivity index is 1.51. The predicted octanol–water partition coefficient (Wildman–Crippen LogP) is 2.23. The first-order chi connectivity index (χ1) is 12.5. The van der Waals surface area contributed by atoms with Crippen LogP contribution in [0.5, 0.6) is 0 Å². The molecule has 0 saturated heterocycles. The van der Waals surface area contributed by atoms with Crippen molar-refractivity contribution in [1.82, 2.24) is 25.4 Å². The van der Waals surface area contributed by atoms with Gasteiger partial charge >= 0.3 is 0 Å². The summed E-state index contributed by atoms with van der Waals surface area (Å²) in [4.78, 5) is 27.8. The Morgan fingerprint density at radius 1 is 1.23 bits per heavy atom. The van der Waals surface area contributed by atoms with E-state index in [-0.39, 0.29) is 24.3 Å². The Kier molecular flexibility index (Phi) is 5.47. The molecule has 1 aromatic carbocycles. The lowest BCUT2D eigenvalue weighted by Gasteiger charge is -2.15. The van der Waals surface area contributed by atoms with Crippen molar-refractivity contribution in [3.63, 3.8) is 0 Å². The average molecular weight is 418 g/mol. The summed E-state index contributed by atoms with van der Waals surface area (Å²) in [5.74, 6) is -0.603. The molecule has 3 aromatic rings. The second-order valence-corrected chi connectivity index (χ2v) is 6.29. The number of rotatable bonds is 6. The van der Waals surface area contributed by atoms with Gasteiger partial charge in [-0.2, -0.15) is 5.10 Å². The van der Waals surface area contributed by atoms with Crippen molar-refractivity contribution in [2.24, 2.45) is 0 Å². The van der Waals surface area contributed by atoms with Gasteiger partial charge in [-0.3, -0.25) is 9.59 Å². The molecule has 0 spiro atoms. The molecule has 2 heterocycles. The Labute approximate surface area is 157 Å². The zero-order valence-corrected chi connectivity index (χ0v) is 15.4. The highest BCUT2D eigenvalue weighted by molar-refractivity contribution is 9.10. The van der Waals surface area contributed by atoms with Gasteiger partial charge in [0, 0.05) is 0 Å². The molecule has 0 radical (unpaired) electrons. The van der Waals surface area contributed by atoms with Crippen molar-refractivity contribution >= 4 is 27.7 Å². The van der Waals surface area contributed by atoms with Crippen LogP contribution in [0.15, 0.2) is 58.1 Å². The Bertz CT molecular complexity index is 890. The van der Waals surface area contributed by atoms with E-state index in [1.165, 1.54) is 12.4 Å². The lowest BCUT2D eigenvalue weighted by molar-refractivity contribution is -0.120. The molecule has 2 amide bonds. The van der Waals surface area contributed by atoms with Crippen molar-refractivity contribution in [3.8, 4) is 5.69 Å². The molecule has 2 N–H and O–H groups in total. The third kappa shape index (κ3) is 4.37. The molecule has 8 nitrogen and oxygen atoms in total. The van der Waals surface area contributed by atoms with Gasteiger partial charge in [0.1, 0.15) is 12.7 Å². The van der Waals surface area contributed by atoms with Gasteiger partial charge in [-0.1, -0.05) is 12.1 Å². The first kappa shape index (κ1) is 17.9. The van der Waals surface area contributed by atoms with E-state index in [9.17, 15) is 9.59 Å². The number of amides is 2. The van der Waals surface area contributed by atoms with E-state index in [4.69, 9.17) is 4.42 Å². The second-order valence-electron chi connectivity index (χ2n) is 5.51. The standard InChI is InChI=1S/C17H16BrN5O3/c1-11(12-2-4-13(5-3-12)23-10-19-9-21-23)22-16(24)8-20-17(25)14-6-7-15(18)26-14/h2-7,9-11H,8H2,1H3,(H,20,25)(H,22,24)/t11-/m1/s1. The maximum absolute atomic E-state index is 12.0. The minimum atomic E-state index is -0.448.